The Balaban J connectivity index is 1.50. The van der Waals surface area contributed by atoms with Crippen molar-refractivity contribution in [3.05, 3.63) is 64.5 Å². The van der Waals surface area contributed by atoms with Crippen molar-refractivity contribution in [1.82, 2.24) is 15.0 Å². The quantitative estimate of drug-likeness (QED) is 0.395. The second-order valence-corrected chi connectivity index (χ2v) is 9.64. The Labute approximate surface area is 204 Å². The fourth-order valence-electron chi connectivity index (χ4n) is 3.63. The Morgan fingerprint density at radius 3 is 2.59 bits per heavy atom. The molecule has 1 aromatic carbocycles. The van der Waals surface area contributed by atoms with Gasteiger partial charge in [0.15, 0.2) is 0 Å². The maximum absolute atomic E-state index is 10.0. The first kappa shape index (κ1) is 22.1. The summed E-state index contributed by atoms with van der Waals surface area (Å²) in [4.78, 5) is 15.5. The van der Waals surface area contributed by atoms with Crippen molar-refractivity contribution in [1.29, 1.82) is 10.5 Å². The molecule has 0 saturated carbocycles. The van der Waals surface area contributed by atoms with Gasteiger partial charge in [0, 0.05) is 36.0 Å². The van der Waals surface area contributed by atoms with Gasteiger partial charge in [-0.05, 0) is 19.1 Å². The summed E-state index contributed by atoms with van der Waals surface area (Å²) in [5.74, 6) is 1.42. The van der Waals surface area contributed by atoms with E-state index < -0.39 is 6.10 Å². The highest BCUT2D eigenvalue weighted by atomic mass is 32.2. The minimum Gasteiger partial charge on any atom is -0.444 e. The molecule has 0 radical (unpaired) electrons. The molecule has 0 bridgehead atoms. The number of aryl methyl sites for hydroxylation is 1. The third-order valence-corrected chi connectivity index (χ3v) is 7.18. The molecule has 1 fully saturated rings. The highest BCUT2D eigenvalue weighted by Gasteiger charge is 2.32. The van der Waals surface area contributed by atoms with E-state index in [1.807, 2.05) is 36.1 Å². The van der Waals surface area contributed by atoms with E-state index in [2.05, 4.69) is 27.1 Å². The first-order chi connectivity index (χ1) is 16.6. The third-order valence-electron chi connectivity index (χ3n) is 5.38. The SMILES string of the molecule is Cc1ccc(-c2nc(CSc3nc(N4CC(O)C4)c(C#N)c(-c4nccs4)c3C#N)co2)cc1. The predicted octanol–water partition coefficient (Wildman–Crippen LogP) is 4.39. The van der Waals surface area contributed by atoms with Gasteiger partial charge in [-0.1, -0.05) is 29.5 Å². The molecular weight excluding hydrogens is 468 g/mol. The normalized spacial score (nSPS) is 13.4. The van der Waals surface area contributed by atoms with Crippen LogP contribution in [0.25, 0.3) is 22.0 Å². The van der Waals surface area contributed by atoms with Crippen LogP contribution in [0.1, 0.15) is 22.4 Å². The number of anilines is 1. The number of thioether (sulfide) groups is 1. The summed E-state index contributed by atoms with van der Waals surface area (Å²) in [6.45, 7) is 2.80. The van der Waals surface area contributed by atoms with Gasteiger partial charge in [-0.2, -0.15) is 10.5 Å². The summed E-state index contributed by atoms with van der Waals surface area (Å²) in [5.41, 5.74) is 3.85. The van der Waals surface area contributed by atoms with E-state index in [-0.39, 0.29) is 0 Å². The van der Waals surface area contributed by atoms with Gasteiger partial charge in [-0.15, -0.1) is 11.3 Å². The van der Waals surface area contributed by atoms with Gasteiger partial charge >= 0.3 is 0 Å². The second-order valence-electron chi connectivity index (χ2n) is 7.78. The minimum absolute atomic E-state index is 0.297. The van der Waals surface area contributed by atoms with Gasteiger partial charge in [0.1, 0.15) is 39.8 Å². The maximum Gasteiger partial charge on any atom is 0.226 e. The molecule has 0 spiro atoms. The lowest BCUT2D eigenvalue weighted by Crippen LogP contribution is -2.51. The van der Waals surface area contributed by atoms with Crippen LogP contribution in [0, 0.1) is 29.6 Å². The average molecular weight is 487 g/mol. The van der Waals surface area contributed by atoms with Crippen LogP contribution < -0.4 is 4.90 Å². The molecule has 0 unspecified atom stereocenters. The maximum atomic E-state index is 10.0. The largest absolute Gasteiger partial charge is 0.444 e. The molecule has 3 aromatic heterocycles. The number of oxazole rings is 1. The highest BCUT2D eigenvalue weighted by Crippen LogP contribution is 2.40. The zero-order valence-corrected chi connectivity index (χ0v) is 19.7. The summed E-state index contributed by atoms with van der Waals surface area (Å²) in [6, 6.07) is 12.4. The van der Waals surface area contributed by atoms with Crippen molar-refractivity contribution in [2.45, 2.75) is 23.8 Å². The van der Waals surface area contributed by atoms with Crippen molar-refractivity contribution >= 4 is 28.9 Å². The molecular formula is C24H18N6O2S2. The zero-order chi connectivity index (χ0) is 23.7. The molecule has 0 aliphatic carbocycles. The van der Waals surface area contributed by atoms with E-state index >= 15 is 0 Å². The number of nitriles is 2. The first-order valence-corrected chi connectivity index (χ1v) is 12.3. The Morgan fingerprint density at radius 1 is 1.18 bits per heavy atom. The number of hydrogen-bond donors (Lipinski definition) is 1. The van der Waals surface area contributed by atoms with Gasteiger partial charge in [0.2, 0.25) is 5.89 Å². The first-order valence-electron chi connectivity index (χ1n) is 10.4. The number of pyridine rings is 1. The standard InChI is InChI=1S/C24H18N6O2S2/c1-14-2-4-15(5-3-14)22-28-16(12-32-22)13-34-23-19(9-26)20(24-27-6-7-33-24)18(8-25)21(29-23)30-10-17(31)11-30/h2-7,12,17,31H,10-11,13H2,1H3. The van der Waals surface area contributed by atoms with Crippen LogP contribution in [-0.4, -0.2) is 39.3 Å². The Morgan fingerprint density at radius 2 is 1.94 bits per heavy atom. The van der Waals surface area contributed by atoms with Gasteiger partial charge < -0.3 is 14.4 Å². The van der Waals surface area contributed by atoms with E-state index in [4.69, 9.17) is 4.42 Å². The van der Waals surface area contributed by atoms with Crippen molar-refractivity contribution in [2.75, 3.05) is 18.0 Å². The number of nitrogens with zero attached hydrogens (tertiary/aromatic N) is 6. The van der Waals surface area contributed by atoms with E-state index in [0.29, 0.717) is 63.0 Å². The van der Waals surface area contributed by atoms with Crippen molar-refractivity contribution in [3.8, 4) is 34.2 Å². The molecule has 34 heavy (non-hydrogen) atoms. The third kappa shape index (κ3) is 4.15. The van der Waals surface area contributed by atoms with Crippen molar-refractivity contribution in [2.24, 2.45) is 0 Å². The smallest absolute Gasteiger partial charge is 0.226 e. The van der Waals surface area contributed by atoms with Crippen molar-refractivity contribution in [3.63, 3.8) is 0 Å². The molecule has 168 valence electrons. The number of aliphatic hydroxyl groups excluding tert-OH is 1. The molecule has 1 aliphatic heterocycles. The highest BCUT2D eigenvalue weighted by molar-refractivity contribution is 7.98. The number of aromatic nitrogens is 3. The summed E-state index contributed by atoms with van der Waals surface area (Å²) < 4.78 is 5.66. The second kappa shape index (κ2) is 9.27. The molecule has 1 N–H and O–H groups in total. The molecule has 1 saturated heterocycles. The lowest BCUT2D eigenvalue weighted by Gasteiger charge is -2.37. The van der Waals surface area contributed by atoms with Crippen LogP contribution in [0.15, 0.2) is 51.5 Å². The van der Waals surface area contributed by atoms with Crippen molar-refractivity contribution < 1.29 is 9.52 Å². The van der Waals surface area contributed by atoms with Crippen LogP contribution in [-0.2, 0) is 5.75 Å². The number of thiazole rings is 1. The van der Waals surface area contributed by atoms with Gasteiger partial charge in [-0.3, -0.25) is 0 Å². The van der Waals surface area contributed by atoms with Crippen LogP contribution in [0.4, 0.5) is 5.82 Å². The Bertz CT molecular complexity index is 1410. The molecule has 0 atom stereocenters. The summed E-state index contributed by atoms with van der Waals surface area (Å²) >= 11 is 2.72. The predicted molar refractivity (Wildman–Crippen MR) is 129 cm³/mol. The molecule has 10 heteroatoms. The van der Waals surface area contributed by atoms with E-state index in [0.717, 1.165) is 11.1 Å². The van der Waals surface area contributed by atoms with E-state index in [9.17, 15) is 15.6 Å². The molecule has 4 heterocycles. The fraction of sp³-hybridized carbons (Fsp3) is 0.208. The molecule has 1 aliphatic rings. The fourth-order valence-corrected chi connectivity index (χ4v) is 5.18. The molecule has 8 nitrogen and oxygen atoms in total. The monoisotopic (exact) mass is 486 g/mol. The number of aliphatic hydroxyl groups is 1. The molecule has 4 aromatic rings. The number of benzene rings is 1. The summed E-state index contributed by atoms with van der Waals surface area (Å²) in [7, 11) is 0. The topological polar surface area (TPSA) is 123 Å². The Kier molecular flexibility index (Phi) is 6.03. The lowest BCUT2D eigenvalue weighted by molar-refractivity contribution is 0.141. The van der Waals surface area contributed by atoms with Crippen LogP contribution in [0.3, 0.4) is 0 Å². The zero-order valence-electron chi connectivity index (χ0n) is 18.1. The minimum atomic E-state index is -0.460. The van der Waals surface area contributed by atoms with Crippen LogP contribution in [0.2, 0.25) is 0 Å². The van der Waals surface area contributed by atoms with E-state index in [1.165, 1.54) is 23.1 Å². The van der Waals surface area contributed by atoms with E-state index in [1.54, 1.807) is 17.8 Å². The molecule has 0 amide bonds. The lowest BCUT2D eigenvalue weighted by atomic mass is 10.0. The summed E-state index contributed by atoms with van der Waals surface area (Å²) in [5, 5.41) is 32.6. The number of rotatable bonds is 6. The number of hydrogen-bond acceptors (Lipinski definition) is 10. The van der Waals surface area contributed by atoms with Gasteiger partial charge in [-0.25, -0.2) is 15.0 Å². The molecule has 5 rings (SSSR count). The van der Waals surface area contributed by atoms with Crippen LogP contribution >= 0.6 is 23.1 Å². The number of β-amino-alcohol motifs (C(OH)–C–C–N with tert-alkyl or cyclic N) is 1. The van der Waals surface area contributed by atoms with Gasteiger partial charge in [0.25, 0.3) is 0 Å². The van der Waals surface area contributed by atoms with Crippen LogP contribution in [0.5, 0.6) is 0 Å². The summed E-state index contributed by atoms with van der Waals surface area (Å²) in [6.07, 6.45) is 2.79. The van der Waals surface area contributed by atoms with Gasteiger partial charge in [0.05, 0.1) is 22.9 Å². The Hall–Kier alpha value is -3.70. The average Bonchev–Trinajstić information content (AvgIpc) is 3.52.